The van der Waals surface area contributed by atoms with Crippen LogP contribution in [0.4, 0.5) is 5.69 Å². The number of carbonyl (C=O) groups is 2. The highest BCUT2D eigenvalue weighted by Crippen LogP contribution is 2.28. The summed E-state index contributed by atoms with van der Waals surface area (Å²) in [6.45, 7) is 1.67. The molecule has 0 aliphatic heterocycles. The van der Waals surface area contributed by atoms with Gasteiger partial charge in [-0.2, -0.15) is 0 Å². The van der Waals surface area contributed by atoms with Crippen molar-refractivity contribution in [2.75, 3.05) is 6.61 Å². The lowest BCUT2D eigenvalue weighted by atomic mass is 10.0. The van der Waals surface area contributed by atoms with Gasteiger partial charge in [0.05, 0.1) is 16.6 Å². The van der Waals surface area contributed by atoms with Gasteiger partial charge in [-0.1, -0.05) is 22.9 Å². The Labute approximate surface area is 128 Å². The van der Waals surface area contributed by atoms with Gasteiger partial charge in [-0.15, -0.1) is 5.10 Å². The van der Waals surface area contributed by atoms with Gasteiger partial charge >= 0.3 is 5.97 Å². The van der Waals surface area contributed by atoms with E-state index in [1.807, 2.05) is 0 Å². The summed E-state index contributed by atoms with van der Waals surface area (Å²) < 4.78 is 4.75. The summed E-state index contributed by atoms with van der Waals surface area (Å²) in [5.41, 5.74) is -1.54. The number of rotatable bonds is 5. The van der Waals surface area contributed by atoms with Crippen molar-refractivity contribution in [1.82, 2.24) is 15.4 Å². The van der Waals surface area contributed by atoms with Gasteiger partial charge in [0.1, 0.15) is 5.56 Å². The Kier molecular flexibility index (Phi) is 4.47. The molecular formula is C12H9ClN4O5. The molecule has 9 nitrogen and oxygen atoms in total. The third-order valence-electron chi connectivity index (χ3n) is 2.66. The number of nitro benzene ring substituents is 1. The molecule has 0 fully saturated rings. The highest BCUT2D eigenvalue weighted by molar-refractivity contribution is 6.35. The van der Waals surface area contributed by atoms with E-state index in [2.05, 4.69) is 15.4 Å². The molecule has 2 rings (SSSR count). The summed E-state index contributed by atoms with van der Waals surface area (Å²) in [5.74, 6) is -1.74. The summed E-state index contributed by atoms with van der Waals surface area (Å²) in [6, 6.07) is 3.79. The number of benzene rings is 1. The molecule has 1 aromatic heterocycles. The lowest BCUT2D eigenvalue weighted by Crippen LogP contribution is -2.14. The van der Waals surface area contributed by atoms with E-state index in [0.717, 1.165) is 6.07 Å². The van der Waals surface area contributed by atoms with Gasteiger partial charge in [-0.3, -0.25) is 20.0 Å². The number of carbonyl (C=O) groups excluding carboxylic acids is 2. The van der Waals surface area contributed by atoms with Crippen LogP contribution in [-0.4, -0.2) is 38.7 Å². The standard InChI is InChI=1S/C12H9ClN4O5/c1-2-22-12(19)10-9(14-16-15-10)11(18)8-6(13)4-3-5-7(8)17(20)21/h3-5H,2H2,1H3,(H,14,15,16). The van der Waals surface area contributed by atoms with E-state index in [1.165, 1.54) is 12.1 Å². The van der Waals surface area contributed by atoms with Crippen LogP contribution >= 0.6 is 11.6 Å². The second-order valence-electron chi connectivity index (χ2n) is 3.98. The van der Waals surface area contributed by atoms with Crippen LogP contribution in [0.25, 0.3) is 0 Å². The molecular weight excluding hydrogens is 316 g/mol. The van der Waals surface area contributed by atoms with Crippen molar-refractivity contribution in [3.8, 4) is 0 Å². The Balaban J connectivity index is 2.53. The predicted octanol–water partition coefficient (Wildman–Crippen LogP) is 1.77. The lowest BCUT2D eigenvalue weighted by Gasteiger charge is -2.04. The Morgan fingerprint density at radius 3 is 2.82 bits per heavy atom. The van der Waals surface area contributed by atoms with Crippen molar-refractivity contribution >= 4 is 29.0 Å². The zero-order valence-corrected chi connectivity index (χ0v) is 12.0. The minimum atomic E-state index is -0.894. The van der Waals surface area contributed by atoms with E-state index in [1.54, 1.807) is 6.92 Å². The molecule has 0 bridgehead atoms. The maximum atomic E-state index is 12.5. The Morgan fingerprint density at radius 2 is 2.18 bits per heavy atom. The normalized spacial score (nSPS) is 10.3. The number of hydrogen-bond acceptors (Lipinski definition) is 7. The van der Waals surface area contributed by atoms with Crippen LogP contribution in [0.2, 0.25) is 5.02 Å². The molecule has 0 saturated carbocycles. The van der Waals surface area contributed by atoms with Crippen LogP contribution in [-0.2, 0) is 4.74 Å². The molecule has 22 heavy (non-hydrogen) atoms. The van der Waals surface area contributed by atoms with Crippen molar-refractivity contribution in [3.05, 3.63) is 50.3 Å². The number of nitrogens with one attached hydrogen (secondary N) is 1. The van der Waals surface area contributed by atoms with Crippen molar-refractivity contribution in [2.24, 2.45) is 0 Å². The minimum absolute atomic E-state index is 0.0811. The molecule has 0 spiro atoms. The van der Waals surface area contributed by atoms with Gasteiger partial charge < -0.3 is 4.74 Å². The van der Waals surface area contributed by atoms with Crippen LogP contribution in [0, 0.1) is 10.1 Å². The molecule has 0 radical (unpaired) electrons. The maximum Gasteiger partial charge on any atom is 0.358 e. The Hall–Kier alpha value is -2.81. The quantitative estimate of drug-likeness (QED) is 0.384. The summed E-state index contributed by atoms with van der Waals surface area (Å²) in [4.78, 5) is 34.5. The monoisotopic (exact) mass is 324 g/mol. The smallest absolute Gasteiger partial charge is 0.358 e. The van der Waals surface area contributed by atoms with Gasteiger partial charge in [0.2, 0.25) is 5.78 Å². The number of esters is 1. The minimum Gasteiger partial charge on any atom is -0.461 e. The van der Waals surface area contributed by atoms with Crippen molar-refractivity contribution in [2.45, 2.75) is 6.92 Å². The van der Waals surface area contributed by atoms with Crippen LogP contribution in [0.5, 0.6) is 0 Å². The average molecular weight is 325 g/mol. The summed E-state index contributed by atoms with van der Waals surface area (Å²) >= 11 is 5.88. The van der Waals surface area contributed by atoms with Gasteiger partial charge in [-0.05, 0) is 13.0 Å². The largest absolute Gasteiger partial charge is 0.461 e. The van der Waals surface area contributed by atoms with Crippen molar-refractivity contribution in [1.29, 1.82) is 0 Å². The molecule has 2 aromatic rings. The molecule has 0 unspecified atom stereocenters. The van der Waals surface area contributed by atoms with Crippen LogP contribution in [0.15, 0.2) is 18.2 Å². The number of nitrogens with zero attached hydrogens (tertiary/aromatic N) is 3. The second-order valence-corrected chi connectivity index (χ2v) is 4.38. The first-order valence-electron chi connectivity index (χ1n) is 6.03. The SMILES string of the molecule is CCOC(=O)c1[nH]nnc1C(=O)c1c(Cl)cccc1[N+](=O)[O-]. The fourth-order valence-electron chi connectivity index (χ4n) is 1.74. The number of aromatic amines is 1. The maximum absolute atomic E-state index is 12.5. The average Bonchev–Trinajstić information content (AvgIpc) is 2.96. The molecule has 114 valence electrons. The lowest BCUT2D eigenvalue weighted by molar-refractivity contribution is -0.385. The van der Waals surface area contributed by atoms with Crippen LogP contribution in [0.3, 0.4) is 0 Å². The van der Waals surface area contributed by atoms with Gasteiger partial charge in [0.15, 0.2) is 11.4 Å². The van der Waals surface area contributed by atoms with E-state index in [0.29, 0.717) is 0 Å². The molecule has 0 atom stereocenters. The summed E-state index contributed by atoms with van der Waals surface area (Å²) in [7, 11) is 0. The van der Waals surface area contributed by atoms with Crippen molar-refractivity contribution in [3.63, 3.8) is 0 Å². The summed E-state index contributed by atoms with van der Waals surface area (Å²) in [5, 5.41) is 20.0. The molecule has 0 aliphatic rings. The molecule has 10 heteroatoms. The predicted molar refractivity (Wildman–Crippen MR) is 73.9 cm³/mol. The van der Waals surface area contributed by atoms with Crippen LogP contribution < -0.4 is 0 Å². The van der Waals surface area contributed by atoms with Crippen molar-refractivity contribution < 1.29 is 19.2 Å². The first-order chi connectivity index (χ1) is 10.5. The second kappa shape index (κ2) is 6.31. The van der Waals surface area contributed by atoms with Gasteiger partial charge in [0.25, 0.3) is 5.69 Å². The zero-order valence-electron chi connectivity index (χ0n) is 11.2. The van der Waals surface area contributed by atoms with Crippen LogP contribution in [0.1, 0.15) is 33.5 Å². The zero-order chi connectivity index (χ0) is 16.3. The van der Waals surface area contributed by atoms with E-state index in [9.17, 15) is 19.7 Å². The highest BCUT2D eigenvalue weighted by atomic mass is 35.5. The highest BCUT2D eigenvalue weighted by Gasteiger charge is 2.30. The van der Waals surface area contributed by atoms with E-state index < -0.39 is 28.1 Å². The Morgan fingerprint density at radius 1 is 1.45 bits per heavy atom. The molecule has 0 saturated heterocycles. The number of H-pyrrole nitrogens is 1. The van der Waals surface area contributed by atoms with Gasteiger partial charge in [-0.25, -0.2) is 4.79 Å². The molecule has 1 heterocycles. The third-order valence-corrected chi connectivity index (χ3v) is 2.97. The number of halogens is 1. The van der Waals surface area contributed by atoms with E-state index in [4.69, 9.17) is 16.3 Å². The first-order valence-corrected chi connectivity index (χ1v) is 6.41. The third kappa shape index (κ3) is 2.79. The molecule has 0 aliphatic carbocycles. The topological polar surface area (TPSA) is 128 Å². The van der Waals surface area contributed by atoms with E-state index in [-0.39, 0.29) is 22.9 Å². The number of nitro groups is 1. The molecule has 1 aromatic carbocycles. The molecule has 1 N–H and O–H groups in total. The Bertz CT molecular complexity index is 758. The number of ether oxygens (including phenoxy) is 1. The van der Waals surface area contributed by atoms with Gasteiger partial charge in [0, 0.05) is 6.07 Å². The number of ketones is 1. The fourth-order valence-corrected chi connectivity index (χ4v) is 2.00. The summed E-state index contributed by atoms with van der Waals surface area (Å²) in [6.07, 6.45) is 0. The molecule has 0 amide bonds. The fraction of sp³-hybridized carbons (Fsp3) is 0.167. The first kappa shape index (κ1) is 15.6. The number of hydrogen-bond donors (Lipinski definition) is 1. The van der Waals surface area contributed by atoms with E-state index >= 15 is 0 Å². The number of aromatic nitrogens is 3.